The first-order chi connectivity index (χ1) is 18.2. The largest absolute Gasteiger partial charge is 0.398 e. The zero-order valence-electron chi connectivity index (χ0n) is 21.4. The van der Waals surface area contributed by atoms with Gasteiger partial charge in [0.15, 0.2) is 5.83 Å². The third-order valence-electron chi connectivity index (χ3n) is 8.12. The summed E-state index contributed by atoms with van der Waals surface area (Å²) in [6.45, 7) is 6.43. The number of hydrogen-bond donors (Lipinski definition) is 0. The molecule has 0 atom stereocenters. The molecule has 2 aromatic heterocycles. The van der Waals surface area contributed by atoms with Crippen LogP contribution in [0.2, 0.25) is 0 Å². The molecule has 38 heavy (non-hydrogen) atoms. The van der Waals surface area contributed by atoms with E-state index in [1.165, 1.54) is 43.2 Å². The number of rotatable bonds is 7. The summed E-state index contributed by atoms with van der Waals surface area (Å²) in [6, 6.07) is 12.5. The Kier molecular flexibility index (Phi) is 6.29. The molecule has 0 radical (unpaired) electrons. The van der Waals surface area contributed by atoms with Crippen LogP contribution >= 0.6 is 0 Å². The number of hydrogen-bond acceptors (Lipinski definition) is 4. The molecule has 3 fully saturated rings. The van der Waals surface area contributed by atoms with Crippen LogP contribution in [0.15, 0.2) is 48.7 Å². The smallest absolute Gasteiger partial charge is 0.354 e. The molecule has 5 nitrogen and oxygen atoms in total. The van der Waals surface area contributed by atoms with Crippen LogP contribution in [0.1, 0.15) is 53.8 Å². The highest BCUT2D eigenvalue weighted by molar-refractivity contribution is 5.75. The van der Waals surface area contributed by atoms with Crippen LogP contribution in [0.25, 0.3) is 11.9 Å². The molecule has 200 valence electrons. The van der Waals surface area contributed by atoms with E-state index in [0.717, 1.165) is 49.3 Å². The number of benzene rings is 1. The van der Waals surface area contributed by atoms with Gasteiger partial charge in [-0.15, -0.1) is 0 Å². The fourth-order valence-electron chi connectivity index (χ4n) is 5.43. The lowest BCUT2D eigenvalue weighted by molar-refractivity contribution is -0.160. The summed E-state index contributed by atoms with van der Waals surface area (Å²) < 4.78 is 57.0. The molecule has 0 unspecified atom stereocenters. The van der Waals surface area contributed by atoms with E-state index in [0.29, 0.717) is 12.1 Å². The molecule has 2 saturated carbocycles. The van der Waals surface area contributed by atoms with E-state index in [9.17, 15) is 13.2 Å². The Balaban J connectivity index is 1.13. The first kappa shape index (κ1) is 25.1. The standard InChI is InChI=1S/C29H31F4N5/c1-20-16-26(25(30)17-21-2-4-23(5-3-21)28(9-10-28)29(31,32)33)35-38(20)19-22-8-11-34-27(18-22)37-14-12-36(13-15-37)24-6-7-24/h2-5,8,11,16-18,24H,6-7,9-10,12-15,19H2,1H3/b25-17-. The lowest BCUT2D eigenvalue weighted by Gasteiger charge is -2.35. The minimum absolute atomic E-state index is 0.104. The Morgan fingerprint density at radius 1 is 1.03 bits per heavy atom. The van der Waals surface area contributed by atoms with Gasteiger partial charge < -0.3 is 4.90 Å². The van der Waals surface area contributed by atoms with Gasteiger partial charge in [0.2, 0.25) is 0 Å². The maximum absolute atomic E-state index is 15.1. The quantitative estimate of drug-likeness (QED) is 0.356. The molecule has 0 N–H and O–H groups in total. The Morgan fingerprint density at radius 3 is 2.37 bits per heavy atom. The van der Waals surface area contributed by atoms with Crippen LogP contribution in [0.5, 0.6) is 0 Å². The van der Waals surface area contributed by atoms with E-state index < -0.39 is 17.4 Å². The van der Waals surface area contributed by atoms with Crippen molar-refractivity contribution in [3.05, 3.63) is 76.7 Å². The van der Waals surface area contributed by atoms with Gasteiger partial charge in [0, 0.05) is 44.1 Å². The van der Waals surface area contributed by atoms with Crippen LogP contribution in [-0.4, -0.2) is 58.1 Å². The second-order valence-corrected chi connectivity index (χ2v) is 10.8. The first-order valence-electron chi connectivity index (χ1n) is 13.3. The molecule has 3 aliphatic rings. The molecule has 3 aromatic rings. The molecule has 0 spiro atoms. The van der Waals surface area contributed by atoms with Gasteiger partial charge in [-0.05, 0) is 73.6 Å². The topological polar surface area (TPSA) is 37.2 Å². The highest BCUT2D eigenvalue weighted by atomic mass is 19.4. The van der Waals surface area contributed by atoms with Gasteiger partial charge in [0.25, 0.3) is 0 Å². The van der Waals surface area contributed by atoms with Crippen LogP contribution in [0.3, 0.4) is 0 Å². The van der Waals surface area contributed by atoms with E-state index in [1.54, 1.807) is 10.7 Å². The third kappa shape index (κ3) is 4.96. The van der Waals surface area contributed by atoms with Gasteiger partial charge in [0.05, 0.1) is 12.0 Å². The molecule has 0 amide bonds. The predicted molar refractivity (Wildman–Crippen MR) is 139 cm³/mol. The van der Waals surface area contributed by atoms with Crippen molar-refractivity contribution in [2.24, 2.45) is 0 Å². The van der Waals surface area contributed by atoms with Crippen molar-refractivity contribution in [1.82, 2.24) is 19.7 Å². The van der Waals surface area contributed by atoms with E-state index >= 15 is 4.39 Å². The van der Waals surface area contributed by atoms with Crippen LogP contribution in [0.4, 0.5) is 23.4 Å². The normalized spacial score (nSPS) is 20.1. The minimum Gasteiger partial charge on any atom is -0.354 e. The second kappa shape index (κ2) is 9.52. The molecule has 0 bridgehead atoms. The molecule has 6 rings (SSSR count). The molecule has 2 aliphatic carbocycles. The Labute approximate surface area is 219 Å². The van der Waals surface area contributed by atoms with Crippen molar-refractivity contribution in [2.75, 3.05) is 31.1 Å². The van der Waals surface area contributed by atoms with Crippen LogP contribution in [-0.2, 0) is 12.0 Å². The van der Waals surface area contributed by atoms with Crippen molar-refractivity contribution < 1.29 is 17.6 Å². The van der Waals surface area contributed by atoms with Crippen molar-refractivity contribution in [1.29, 1.82) is 0 Å². The fourth-order valence-corrected chi connectivity index (χ4v) is 5.43. The Hall–Kier alpha value is -3.20. The lowest BCUT2D eigenvalue weighted by Crippen LogP contribution is -2.47. The number of piperazine rings is 1. The van der Waals surface area contributed by atoms with Crippen molar-refractivity contribution in [3.63, 3.8) is 0 Å². The number of pyridine rings is 1. The van der Waals surface area contributed by atoms with Crippen molar-refractivity contribution >= 4 is 17.7 Å². The zero-order valence-corrected chi connectivity index (χ0v) is 21.4. The average molecular weight is 526 g/mol. The number of aromatic nitrogens is 3. The molecule has 1 aromatic carbocycles. The number of halogens is 4. The third-order valence-corrected chi connectivity index (χ3v) is 8.12. The fraction of sp³-hybridized carbons (Fsp3) is 0.448. The molecule has 3 heterocycles. The maximum atomic E-state index is 15.1. The molecule has 1 aliphatic heterocycles. The number of nitrogens with zero attached hydrogens (tertiary/aromatic N) is 5. The first-order valence-corrected chi connectivity index (χ1v) is 13.3. The summed E-state index contributed by atoms with van der Waals surface area (Å²) in [4.78, 5) is 9.46. The van der Waals surface area contributed by atoms with Gasteiger partial charge in [-0.25, -0.2) is 9.37 Å². The van der Waals surface area contributed by atoms with Gasteiger partial charge >= 0.3 is 6.18 Å². The summed E-state index contributed by atoms with van der Waals surface area (Å²) in [5.74, 6) is 0.427. The summed E-state index contributed by atoms with van der Waals surface area (Å²) in [7, 11) is 0. The number of anilines is 1. The number of alkyl halides is 3. The highest BCUT2D eigenvalue weighted by Gasteiger charge is 2.64. The lowest BCUT2D eigenvalue weighted by atomic mass is 9.94. The second-order valence-electron chi connectivity index (χ2n) is 10.8. The average Bonchev–Trinajstić information content (AvgIpc) is 3.83. The van der Waals surface area contributed by atoms with E-state index in [2.05, 4.69) is 25.9 Å². The summed E-state index contributed by atoms with van der Waals surface area (Å²) in [5.41, 5.74) is 1.06. The molecule has 1 saturated heterocycles. The SMILES string of the molecule is Cc1cc(/C(F)=C/c2ccc(C3(C(F)(F)F)CC3)cc2)nn1Cc1ccnc(N2CCN(C3CC3)CC2)c1. The summed E-state index contributed by atoms with van der Waals surface area (Å²) in [6.07, 6.45) is 1.72. The highest BCUT2D eigenvalue weighted by Crippen LogP contribution is 2.58. The summed E-state index contributed by atoms with van der Waals surface area (Å²) in [5, 5.41) is 4.46. The van der Waals surface area contributed by atoms with Crippen LogP contribution < -0.4 is 4.90 Å². The van der Waals surface area contributed by atoms with Gasteiger partial charge in [0.1, 0.15) is 11.5 Å². The summed E-state index contributed by atoms with van der Waals surface area (Å²) >= 11 is 0. The van der Waals surface area contributed by atoms with Crippen molar-refractivity contribution in [3.8, 4) is 0 Å². The minimum atomic E-state index is -4.26. The van der Waals surface area contributed by atoms with Gasteiger partial charge in [-0.2, -0.15) is 18.3 Å². The van der Waals surface area contributed by atoms with E-state index in [-0.39, 0.29) is 24.1 Å². The monoisotopic (exact) mass is 525 g/mol. The molecular weight excluding hydrogens is 494 g/mol. The van der Waals surface area contributed by atoms with Gasteiger partial charge in [-0.3, -0.25) is 9.58 Å². The Morgan fingerprint density at radius 2 is 1.74 bits per heavy atom. The van der Waals surface area contributed by atoms with Crippen LogP contribution in [0, 0.1) is 6.92 Å². The van der Waals surface area contributed by atoms with E-state index in [1.807, 2.05) is 19.2 Å². The zero-order chi connectivity index (χ0) is 26.5. The number of aryl methyl sites for hydroxylation is 1. The van der Waals surface area contributed by atoms with E-state index in [4.69, 9.17) is 0 Å². The Bertz CT molecular complexity index is 1330. The predicted octanol–water partition coefficient (Wildman–Crippen LogP) is 5.98. The molecule has 9 heteroatoms. The molecular formula is C29H31F4N5. The van der Waals surface area contributed by atoms with Gasteiger partial charge in [-0.1, -0.05) is 24.3 Å². The maximum Gasteiger partial charge on any atom is 0.398 e. The van der Waals surface area contributed by atoms with Crippen molar-refractivity contribution in [2.45, 2.75) is 56.8 Å².